The summed E-state index contributed by atoms with van der Waals surface area (Å²) >= 11 is 0. The Morgan fingerprint density at radius 1 is 0.875 bits per heavy atom. The molecule has 1 aliphatic carbocycles. The van der Waals surface area contributed by atoms with Crippen LogP contribution in [-0.2, 0) is 0 Å². The van der Waals surface area contributed by atoms with Crippen LogP contribution in [-0.4, -0.2) is 59.4 Å². The van der Waals surface area contributed by atoms with Crippen LogP contribution in [0.4, 0.5) is 5.69 Å². The van der Waals surface area contributed by atoms with Crippen molar-refractivity contribution in [1.29, 1.82) is 0 Å². The SMILES string of the molecule is CN1CCN(c2ccc(-c3cnc4n[nH]c(-c5ccc(OC6CC6)cc5)c4c3)cc2)CC1. The minimum absolute atomic E-state index is 0.406. The number of fused-ring (bicyclic) bond motifs is 1. The fraction of sp³-hybridized carbons (Fsp3) is 0.308. The van der Waals surface area contributed by atoms with E-state index in [-0.39, 0.29) is 0 Å². The summed E-state index contributed by atoms with van der Waals surface area (Å²) in [6.07, 6.45) is 4.64. The van der Waals surface area contributed by atoms with Crippen LogP contribution in [0.1, 0.15) is 12.8 Å². The molecule has 3 heterocycles. The predicted octanol–water partition coefficient (Wildman–Crippen LogP) is 4.58. The Kier molecular flexibility index (Phi) is 4.80. The number of rotatable bonds is 5. The standard InChI is InChI=1S/C26H27N5O/c1-30-12-14-31(15-13-30)21-6-2-18(3-7-21)20-16-24-25(28-29-26(24)27-17-20)19-4-8-22(9-5-19)32-23-10-11-23/h2-9,16-17,23H,10-15H2,1H3,(H,27,28,29). The maximum absolute atomic E-state index is 5.88. The third kappa shape index (κ3) is 3.82. The molecule has 0 amide bonds. The van der Waals surface area contributed by atoms with Crippen molar-refractivity contribution in [1.82, 2.24) is 20.1 Å². The van der Waals surface area contributed by atoms with Crippen molar-refractivity contribution in [2.24, 2.45) is 0 Å². The molecule has 6 heteroatoms. The van der Waals surface area contributed by atoms with Gasteiger partial charge in [-0.1, -0.05) is 12.1 Å². The van der Waals surface area contributed by atoms with Gasteiger partial charge in [0.25, 0.3) is 0 Å². The van der Waals surface area contributed by atoms with Crippen LogP contribution in [0.5, 0.6) is 5.75 Å². The van der Waals surface area contributed by atoms with Crippen molar-refractivity contribution in [2.45, 2.75) is 18.9 Å². The summed E-state index contributed by atoms with van der Waals surface area (Å²) in [6, 6.07) is 19.3. The molecule has 0 radical (unpaired) electrons. The third-order valence-electron chi connectivity index (χ3n) is 6.45. The average molecular weight is 426 g/mol. The van der Waals surface area contributed by atoms with E-state index in [0.717, 1.165) is 78.2 Å². The van der Waals surface area contributed by atoms with Crippen LogP contribution >= 0.6 is 0 Å². The van der Waals surface area contributed by atoms with Crippen molar-refractivity contribution in [3.8, 4) is 28.1 Å². The fourth-order valence-corrected chi connectivity index (χ4v) is 4.29. The number of hydrogen-bond donors (Lipinski definition) is 1. The Morgan fingerprint density at radius 3 is 2.31 bits per heavy atom. The van der Waals surface area contributed by atoms with Gasteiger partial charge < -0.3 is 14.5 Å². The van der Waals surface area contributed by atoms with Crippen molar-refractivity contribution in [2.75, 3.05) is 38.1 Å². The highest BCUT2D eigenvalue weighted by Gasteiger charge is 2.23. The Hall–Kier alpha value is -3.38. The molecule has 32 heavy (non-hydrogen) atoms. The van der Waals surface area contributed by atoms with Crippen LogP contribution < -0.4 is 9.64 Å². The molecule has 0 atom stereocenters. The summed E-state index contributed by atoms with van der Waals surface area (Å²) in [6.45, 7) is 4.37. The normalized spacial score (nSPS) is 17.1. The topological polar surface area (TPSA) is 57.3 Å². The minimum Gasteiger partial charge on any atom is -0.490 e. The zero-order valence-corrected chi connectivity index (χ0v) is 18.3. The van der Waals surface area contributed by atoms with E-state index in [4.69, 9.17) is 4.74 Å². The molecule has 162 valence electrons. The summed E-state index contributed by atoms with van der Waals surface area (Å²) in [5.41, 5.74) is 6.35. The van der Waals surface area contributed by atoms with Crippen molar-refractivity contribution in [3.05, 3.63) is 60.8 Å². The maximum atomic E-state index is 5.88. The van der Waals surface area contributed by atoms with E-state index in [1.807, 2.05) is 18.3 Å². The highest BCUT2D eigenvalue weighted by atomic mass is 16.5. The third-order valence-corrected chi connectivity index (χ3v) is 6.45. The first kappa shape index (κ1) is 19.3. The first-order valence-corrected chi connectivity index (χ1v) is 11.4. The summed E-state index contributed by atoms with van der Waals surface area (Å²) < 4.78 is 5.88. The van der Waals surface area contributed by atoms with Gasteiger partial charge in [-0.25, -0.2) is 4.98 Å². The molecule has 6 rings (SSSR count). The summed E-state index contributed by atoms with van der Waals surface area (Å²) in [4.78, 5) is 9.44. The van der Waals surface area contributed by atoms with E-state index in [1.165, 1.54) is 5.69 Å². The Balaban J connectivity index is 1.26. The number of piperazine rings is 1. The molecule has 1 aliphatic heterocycles. The zero-order chi connectivity index (χ0) is 21.5. The van der Waals surface area contributed by atoms with Gasteiger partial charge in [0.1, 0.15) is 5.75 Å². The van der Waals surface area contributed by atoms with Crippen LogP contribution in [0.15, 0.2) is 60.8 Å². The maximum Gasteiger partial charge on any atom is 0.181 e. The number of likely N-dealkylation sites (N-methyl/N-ethyl adjacent to an activating group) is 1. The monoisotopic (exact) mass is 425 g/mol. The lowest BCUT2D eigenvalue weighted by Gasteiger charge is -2.34. The average Bonchev–Trinajstić information content (AvgIpc) is 3.55. The number of pyridine rings is 1. The van der Waals surface area contributed by atoms with Gasteiger partial charge in [-0.15, -0.1) is 0 Å². The van der Waals surface area contributed by atoms with Gasteiger partial charge in [-0.05, 0) is 67.9 Å². The molecular formula is C26H27N5O. The second kappa shape index (κ2) is 7.95. The predicted molar refractivity (Wildman–Crippen MR) is 128 cm³/mol. The largest absolute Gasteiger partial charge is 0.490 e. The van der Waals surface area contributed by atoms with E-state index in [0.29, 0.717) is 6.10 Å². The fourth-order valence-electron chi connectivity index (χ4n) is 4.29. The molecule has 0 spiro atoms. The molecule has 6 nitrogen and oxygen atoms in total. The number of ether oxygens (including phenoxy) is 1. The van der Waals surface area contributed by atoms with Gasteiger partial charge in [-0.2, -0.15) is 5.10 Å². The van der Waals surface area contributed by atoms with Crippen LogP contribution in [0.3, 0.4) is 0 Å². The molecule has 2 aromatic heterocycles. The number of hydrogen-bond acceptors (Lipinski definition) is 5. The van der Waals surface area contributed by atoms with Gasteiger partial charge in [0.05, 0.1) is 11.8 Å². The lowest BCUT2D eigenvalue weighted by atomic mass is 10.0. The second-order valence-electron chi connectivity index (χ2n) is 8.87. The number of anilines is 1. The Bertz CT molecular complexity index is 1220. The van der Waals surface area contributed by atoms with Gasteiger partial charge in [0, 0.05) is 54.6 Å². The van der Waals surface area contributed by atoms with Gasteiger partial charge in [0.2, 0.25) is 0 Å². The van der Waals surface area contributed by atoms with E-state index in [9.17, 15) is 0 Å². The summed E-state index contributed by atoms with van der Waals surface area (Å²) in [5, 5.41) is 8.62. The number of benzene rings is 2. The van der Waals surface area contributed by atoms with E-state index in [1.54, 1.807) is 0 Å². The van der Waals surface area contributed by atoms with Crippen LogP contribution in [0.25, 0.3) is 33.4 Å². The molecule has 2 fully saturated rings. The number of nitrogens with zero attached hydrogens (tertiary/aromatic N) is 4. The smallest absolute Gasteiger partial charge is 0.181 e. The lowest BCUT2D eigenvalue weighted by molar-refractivity contribution is 0.303. The van der Waals surface area contributed by atoms with Gasteiger partial charge in [-0.3, -0.25) is 5.10 Å². The first-order valence-electron chi connectivity index (χ1n) is 11.4. The highest BCUT2D eigenvalue weighted by molar-refractivity contribution is 5.93. The molecule has 2 aliphatic rings. The lowest BCUT2D eigenvalue weighted by Crippen LogP contribution is -2.44. The van der Waals surface area contributed by atoms with Crippen LogP contribution in [0, 0.1) is 0 Å². The summed E-state index contributed by atoms with van der Waals surface area (Å²) in [5.74, 6) is 0.930. The molecular weight excluding hydrogens is 398 g/mol. The molecule has 2 aromatic carbocycles. The van der Waals surface area contributed by atoms with Crippen molar-refractivity contribution >= 4 is 16.7 Å². The number of nitrogens with one attached hydrogen (secondary N) is 1. The van der Waals surface area contributed by atoms with Crippen molar-refractivity contribution in [3.63, 3.8) is 0 Å². The Morgan fingerprint density at radius 2 is 1.59 bits per heavy atom. The molecule has 1 N–H and O–H groups in total. The molecule has 1 saturated heterocycles. The summed E-state index contributed by atoms with van der Waals surface area (Å²) in [7, 11) is 2.18. The van der Waals surface area contributed by atoms with Crippen LogP contribution in [0.2, 0.25) is 0 Å². The van der Waals surface area contributed by atoms with Crippen molar-refractivity contribution < 1.29 is 4.74 Å². The molecule has 0 bridgehead atoms. The second-order valence-corrected chi connectivity index (χ2v) is 8.87. The Labute approximate surface area is 187 Å². The number of aromatic amines is 1. The van der Waals surface area contributed by atoms with E-state index >= 15 is 0 Å². The molecule has 4 aromatic rings. The van der Waals surface area contributed by atoms with Gasteiger partial charge >= 0.3 is 0 Å². The molecule has 0 unspecified atom stereocenters. The van der Waals surface area contributed by atoms with E-state index in [2.05, 4.69) is 74.5 Å². The highest BCUT2D eigenvalue weighted by Crippen LogP contribution is 2.32. The van der Waals surface area contributed by atoms with Gasteiger partial charge in [0.15, 0.2) is 5.65 Å². The number of aromatic nitrogens is 3. The first-order chi connectivity index (χ1) is 15.7. The quantitative estimate of drug-likeness (QED) is 0.507. The molecule has 1 saturated carbocycles. The van der Waals surface area contributed by atoms with E-state index < -0.39 is 0 Å². The minimum atomic E-state index is 0.406. The number of H-pyrrole nitrogens is 1. The zero-order valence-electron chi connectivity index (χ0n) is 18.3.